The Hall–Kier alpha value is -1.33. The number of ketones is 1. The normalized spacial score (nSPS) is 12.7. The molecular formula is C14H20F2N2O. The number of benzene rings is 1. The minimum atomic E-state index is -0.990. The SMILES string of the molecule is CNCCCN(C)C(C)C(=O)c1ccc(F)c(F)c1. The largest absolute Gasteiger partial charge is 0.320 e. The van der Waals surface area contributed by atoms with Gasteiger partial charge in [0.15, 0.2) is 17.4 Å². The summed E-state index contributed by atoms with van der Waals surface area (Å²) < 4.78 is 25.9. The lowest BCUT2D eigenvalue weighted by atomic mass is 10.0. The lowest BCUT2D eigenvalue weighted by Gasteiger charge is -2.23. The van der Waals surface area contributed by atoms with Gasteiger partial charge in [0.1, 0.15) is 0 Å². The first kappa shape index (κ1) is 15.7. The maximum atomic E-state index is 13.1. The number of hydrogen-bond donors (Lipinski definition) is 1. The summed E-state index contributed by atoms with van der Waals surface area (Å²) in [6.07, 6.45) is 0.919. The first-order valence-corrected chi connectivity index (χ1v) is 6.31. The Morgan fingerprint density at radius 2 is 2.05 bits per heavy atom. The van der Waals surface area contributed by atoms with Gasteiger partial charge in [-0.25, -0.2) is 8.78 Å². The molecular weight excluding hydrogens is 250 g/mol. The van der Waals surface area contributed by atoms with E-state index in [0.29, 0.717) is 0 Å². The zero-order valence-electron chi connectivity index (χ0n) is 11.5. The van der Waals surface area contributed by atoms with Crippen LogP contribution in [0.4, 0.5) is 8.78 Å². The molecule has 5 heteroatoms. The second-order valence-electron chi connectivity index (χ2n) is 4.61. The number of halogens is 2. The summed E-state index contributed by atoms with van der Waals surface area (Å²) in [7, 11) is 3.72. The average Bonchev–Trinajstić information content (AvgIpc) is 2.40. The molecule has 1 aromatic rings. The fraction of sp³-hybridized carbons (Fsp3) is 0.500. The molecule has 106 valence electrons. The molecule has 1 N–H and O–H groups in total. The Morgan fingerprint density at radius 1 is 1.37 bits per heavy atom. The van der Waals surface area contributed by atoms with Crippen molar-refractivity contribution in [2.45, 2.75) is 19.4 Å². The molecule has 0 radical (unpaired) electrons. The fourth-order valence-corrected chi connectivity index (χ4v) is 1.79. The van der Waals surface area contributed by atoms with Crippen molar-refractivity contribution in [1.82, 2.24) is 10.2 Å². The van der Waals surface area contributed by atoms with Crippen LogP contribution < -0.4 is 5.32 Å². The highest BCUT2D eigenvalue weighted by molar-refractivity contribution is 5.99. The van der Waals surface area contributed by atoms with Crippen molar-refractivity contribution < 1.29 is 13.6 Å². The lowest BCUT2D eigenvalue weighted by Crippen LogP contribution is -2.37. The van der Waals surface area contributed by atoms with Crippen LogP contribution in [-0.4, -0.2) is 43.9 Å². The van der Waals surface area contributed by atoms with Crippen molar-refractivity contribution in [2.24, 2.45) is 0 Å². The molecule has 0 heterocycles. The molecule has 0 saturated heterocycles. The number of carbonyl (C=O) groups is 1. The molecule has 0 aliphatic carbocycles. The van der Waals surface area contributed by atoms with E-state index in [1.807, 2.05) is 19.0 Å². The van der Waals surface area contributed by atoms with E-state index in [4.69, 9.17) is 0 Å². The molecule has 19 heavy (non-hydrogen) atoms. The summed E-state index contributed by atoms with van der Waals surface area (Å²) in [6.45, 7) is 3.40. The highest BCUT2D eigenvalue weighted by Crippen LogP contribution is 2.12. The Kier molecular flexibility index (Phi) is 6.05. The average molecular weight is 270 g/mol. The third-order valence-corrected chi connectivity index (χ3v) is 3.18. The number of likely N-dealkylation sites (N-methyl/N-ethyl adjacent to an activating group) is 1. The highest BCUT2D eigenvalue weighted by Gasteiger charge is 2.20. The van der Waals surface area contributed by atoms with Gasteiger partial charge in [0.05, 0.1) is 6.04 Å². The second kappa shape index (κ2) is 7.31. The zero-order chi connectivity index (χ0) is 14.4. The Morgan fingerprint density at radius 3 is 2.63 bits per heavy atom. The van der Waals surface area contributed by atoms with Crippen LogP contribution >= 0.6 is 0 Å². The maximum Gasteiger partial charge on any atom is 0.179 e. The van der Waals surface area contributed by atoms with Crippen molar-refractivity contribution in [3.63, 3.8) is 0 Å². The standard InChI is InChI=1S/C14H20F2N2O/c1-10(18(3)8-4-7-17-2)14(19)11-5-6-12(15)13(16)9-11/h5-6,9-10,17H,4,7-8H2,1-3H3. The summed E-state index contributed by atoms with van der Waals surface area (Å²) >= 11 is 0. The number of carbonyl (C=O) groups excluding carboxylic acids is 1. The van der Waals surface area contributed by atoms with E-state index >= 15 is 0 Å². The lowest BCUT2D eigenvalue weighted by molar-refractivity contribution is 0.0867. The Balaban J connectivity index is 2.67. The topological polar surface area (TPSA) is 32.3 Å². The van der Waals surface area contributed by atoms with E-state index in [9.17, 15) is 13.6 Å². The summed E-state index contributed by atoms with van der Waals surface area (Å²) in [5.41, 5.74) is 0.201. The summed E-state index contributed by atoms with van der Waals surface area (Å²) in [5, 5.41) is 3.03. The molecule has 0 saturated carbocycles. The molecule has 0 bridgehead atoms. The first-order valence-electron chi connectivity index (χ1n) is 6.31. The summed E-state index contributed by atoms with van der Waals surface area (Å²) in [4.78, 5) is 14.0. The molecule has 0 aliphatic heterocycles. The zero-order valence-corrected chi connectivity index (χ0v) is 11.5. The van der Waals surface area contributed by atoms with Gasteiger partial charge in [-0.3, -0.25) is 9.69 Å². The molecule has 0 aromatic heterocycles. The molecule has 3 nitrogen and oxygen atoms in total. The molecule has 1 unspecified atom stereocenters. The predicted molar refractivity (Wildman–Crippen MR) is 71.3 cm³/mol. The van der Waals surface area contributed by atoms with Gasteiger partial charge in [0.2, 0.25) is 0 Å². The molecule has 0 amide bonds. The number of nitrogens with zero attached hydrogens (tertiary/aromatic N) is 1. The van der Waals surface area contributed by atoms with Crippen molar-refractivity contribution >= 4 is 5.78 Å². The van der Waals surface area contributed by atoms with Gasteiger partial charge >= 0.3 is 0 Å². The smallest absolute Gasteiger partial charge is 0.179 e. The minimum Gasteiger partial charge on any atom is -0.320 e. The molecule has 1 atom stereocenters. The van der Waals surface area contributed by atoms with E-state index in [-0.39, 0.29) is 17.4 Å². The molecule has 1 aromatic carbocycles. The quantitative estimate of drug-likeness (QED) is 0.608. The van der Waals surface area contributed by atoms with Crippen LogP contribution in [0.1, 0.15) is 23.7 Å². The van der Waals surface area contributed by atoms with E-state index in [2.05, 4.69) is 5.32 Å². The molecule has 0 spiro atoms. The van der Waals surface area contributed by atoms with Crippen molar-refractivity contribution in [3.8, 4) is 0 Å². The molecule has 0 fully saturated rings. The van der Waals surface area contributed by atoms with Crippen LogP contribution in [0, 0.1) is 11.6 Å². The third kappa shape index (κ3) is 4.36. The summed E-state index contributed by atoms with van der Waals surface area (Å²) in [5.74, 6) is -2.13. The van der Waals surface area contributed by atoms with Gasteiger partial charge in [0, 0.05) is 5.56 Å². The summed E-state index contributed by atoms with van der Waals surface area (Å²) in [6, 6.07) is 2.90. The van der Waals surface area contributed by atoms with Crippen molar-refractivity contribution in [1.29, 1.82) is 0 Å². The fourth-order valence-electron chi connectivity index (χ4n) is 1.79. The number of hydrogen-bond acceptors (Lipinski definition) is 3. The van der Waals surface area contributed by atoms with Gasteiger partial charge in [-0.05, 0) is 58.7 Å². The van der Waals surface area contributed by atoms with Crippen LogP contribution in [0.15, 0.2) is 18.2 Å². The first-order chi connectivity index (χ1) is 8.97. The van der Waals surface area contributed by atoms with Crippen LogP contribution in [0.5, 0.6) is 0 Å². The third-order valence-electron chi connectivity index (χ3n) is 3.18. The molecule has 1 rings (SSSR count). The van der Waals surface area contributed by atoms with Crippen LogP contribution in [-0.2, 0) is 0 Å². The monoisotopic (exact) mass is 270 g/mol. The second-order valence-corrected chi connectivity index (χ2v) is 4.61. The van der Waals surface area contributed by atoms with E-state index in [1.165, 1.54) is 6.07 Å². The van der Waals surface area contributed by atoms with E-state index < -0.39 is 11.6 Å². The van der Waals surface area contributed by atoms with Crippen LogP contribution in [0.25, 0.3) is 0 Å². The van der Waals surface area contributed by atoms with Gasteiger partial charge in [-0.15, -0.1) is 0 Å². The maximum absolute atomic E-state index is 13.1. The Bertz CT molecular complexity index is 437. The van der Waals surface area contributed by atoms with Crippen molar-refractivity contribution in [2.75, 3.05) is 27.2 Å². The van der Waals surface area contributed by atoms with Gasteiger partial charge in [-0.2, -0.15) is 0 Å². The van der Waals surface area contributed by atoms with Crippen molar-refractivity contribution in [3.05, 3.63) is 35.4 Å². The van der Waals surface area contributed by atoms with Gasteiger partial charge in [0.25, 0.3) is 0 Å². The highest BCUT2D eigenvalue weighted by atomic mass is 19.2. The van der Waals surface area contributed by atoms with E-state index in [0.717, 1.165) is 31.6 Å². The van der Waals surface area contributed by atoms with E-state index in [1.54, 1.807) is 6.92 Å². The van der Waals surface area contributed by atoms with Crippen LogP contribution in [0.2, 0.25) is 0 Å². The van der Waals surface area contributed by atoms with Crippen LogP contribution in [0.3, 0.4) is 0 Å². The predicted octanol–water partition coefficient (Wildman–Crippen LogP) is 2.08. The van der Waals surface area contributed by atoms with Gasteiger partial charge in [-0.1, -0.05) is 0 Å². The Labute approximate surface area is 112 Å². The van der Waals surface area contributed by atoms with Gasteiger partial charge < -0.3 is 5.32 Å². The minimum absolute atomic E-state index is 0.201. The number of rotatable bonds is 7. The molecule has 0 aliphatic rings. The number of nitrogens with one attached hydrogen (secondary N) is 1. The number of Topliss-reactive ketones (excluding diaryl/α,β-unsaturated/α-hetero) is 1.